The molecule has 12 heavy (non-hydrogen) atoms. The summed E-state index contributed by atoms with van der Waals surface area (Å²) in [6.45, 7) is 5.07. The van der Waals surface area contributed by atoms with Gasteiger partial charge < -0.3 is 9.80 Å². The van der Waals surface area contributed by atoms with Crippen molar-refractivity contribution in [2.75, 3.05) is 26.7 Å². The van der Waals surface area contributed by atoms with Crippen LogP contribution in [0.15, 0.2) is 0 Å². The monoisotopic (exact) mass is 170 g/mol. The van der Waals surface area contributed by atoms with Crippen molar-refractivity contribution in [2.24, 2.45) is 0 Å². The van der Waals surface area contributed by atoms with E-state index in [-0.39, 0.29) is 0 Å². The van der Waals surface area contributed by atoms with Gasteiger partial charge in [-0.25, -0.2) is 0 Å². The van der Waals surface area contributed by atoms with E-state index in [4.69, 9.17) is 0 Å². The van der Waals surface area contributed by atoms with E-state index < -0.39 is 0 Å². The van der Waals surface area contributed by atoms with Crippen molar-refractivity contribution in [3.8, 4) is 0 Å². The molecule has 70 valence electrons. The molecular weight excluding hydrogens is 152 g/mol. The lowest BCUT2D eigenvalue weighted by Crippen LogP contribution is -2.45. The number of carbonyl (C=O) groups excluding carboxylic acids is 1. The maximum absolute atomic E-state index is 10.5. The molecule has 0 aromatic carbocycles. The minimum atomic E-state index is 0.578. The van der Waals surface area contributed by atoms with Gasteiger partial charge in [0, 0.05) is 19.1 Å². The van der Waals surface area contributed by atoms with Crippen LogP contribution in [0.2, 0.25) is 0 Å². The molecule has 1 fully saturated rings. The van der Waals surface area contributed by atoms with Gasteiger partial charge in [-0.15, -0.1) is 0 Å². The van der Waals surface area contributed by atoms with Crippen LogP contribution >= 0.6 is 0 Å². The highest BCUT2D eigenvalue weighted by atomic mass is 16.1. The predicted octanol–water partition coefficient (Wildman–Crippen LogP) is 0.559. The topological polar surface area (TPSA) is 23.6 Å². The summed E-state index contributed by atoms with van der Waals surface area (Å²) in [6.07, 6.45) is 3.35. The third-order valence-corrected chi connectivity index (χ3v) is 2.70. The second kappa shape index (κ2) is 4.45. The van der Waals surface area contributed by atoms with Crippen LogP contribution in [0.1, 0.15) is 19.8 Å². The largest absolute Gasteiger partial charge is 0.344 e. The van der Waals surface area contributed by atoms with Gasteiger partial charge in [-0.1, -0.05) is 6.92 Å². The van der Waals surface area contributed by atoms with E-state index in [0.717, 1.165) is 32.5 Å². The number of hydrogen-bond donors (Lipinski definition) is 0. The van der Waals surface area contributed by atoms with Crippen LogP contribution in [0.25, 0.3) is 0 Å². The Hall–Kier alpha value is -0.570. The lowest BCUT2D eigenvalue weighted by Gasteiger charge is -2.35. The Balaban J connectivity index is 2.39. The third-order valence-electron chi connectivity index (χ3n) is 2.70. The van der Waals surface area contributed by atoms with Crippen LogP contribution in [0.3, 0.4) is 0 Å². The average Bonchev–Trinajstić information content (AvgIpc) is 2.17. The summed E-state index contributed by atoms with van der Waals surface area (Å²) in [7, 11) is 2.12. The van der Waals surface area contributed by atoms with Crippen LogP contribution in [0.4, 0.5) is 0 Å². The van der Waals surface area contributed by atoms with Crippen molar-refractivity contribution < 1.29 is 4.79 Å². The summed E-state index contributed by atoms with van der Waals surface area (Å²) in [5, 5.41) is 0. The zero-order valence-corrected chi connectivity index (χ0v) is 7.99. The number of hydrogen-bond acceptors (Lipinski definition) is 2. The van der Waals surface area contributed by atoms with Gasteiger partial charge in [-0.05, 0) is 26.4 Å². The molecule has 0 bridgehead atoms. The molecule has 3 heteroatoms. The Labute approximate surface area is 74.3 Å². The molecule has 3 nitrogen and oxygen atoms in total. The average molecular weight is 170 g/mol. The highest BCUT2D eigenvalue weighted by Crippen LogP contribution is 2.12. The number of likely N-dealkylation sites (N-methyl/N-ethyl adjacent to an activating group) is 1. The standard InChI is InChI=1S/C9H18N2O/c1-3-10(2)9-5-4-6-11(7-9)8-12/h8-9H,3-7H2,1-2H3. The zero-order valence-electron chi connectivity index (χ0n) is 7.99. The van der Waals surface area contributed by atoms with Gasteiger partial charge in [0.25, 0.3) is 0 Å². The fourth-order valence-electron chi connectivity index (χ4n) is 1.70. The van der Waals surface area contributed by atoms with Crippen molar-refractivity contribution >= 4 is 6.41 Å². The van der Waals surface area contributed by atoms with Gasteiger partial charge >= 0.3 is 0 Å². The number of likely N-dealkylation sites (tertiary alicyclic amines) is 1. The fourth-order valence-corrected chi connectivity index (χ4v) is 1.70. The van der Waals surface area contributed by atoms with E-state index in [0.29, 0.717) is 6.04 Å². The number of piperidine rings is 1. The smallest absolute Gasteiger partial charge is 0.209 e. The van der Waals surface area contributed by atoms with Gasteiger partial charge in [0.05, 0.1) is 0 Å². The van der Waals surface area contributed by atoms with Gasteiger partial charge in [-0.3, -0.25) is 4.79 Å². The number of rotatable bonds is 3. The molecule has 1 unspecified atom stereocenters. The molecule has 0 saturated carbocycles. The molecule has 1 atom stereocenters. The van der Waals surface area contributed by atoms with E-state index >= 15 is 0 Å². The summed E-state index contributed by atoms with van der Waals surface area (Å²) in [5.74, 6) is 0. The molecule has 1 aliphatic rings. The van der Waals surface area contributed by atoms with Crippen molar-refractivity contribution in [2.45, 2.75) is 25.8 Å². The Bertz CT molecular complexity index is 149. The summed E-state index contributed by atoms with van der Waals surface area (Å²) >= 11 is 0. The van der Waals surface area contributed by atoms with Crippen molar-refractivity contribution in [1.82, 2.24) is 9.80 Å². The molecule has 0 spiro atoms. The Morgan fingerprint density at radius 1 is 1.67 bits per heavy atom. The molecule has 1 saturated heterocycles. The van der Waals surface area contributed by atoms with Crippen LogP contribution in [-0.4, -0.2) is 48.9 Å². The first kappa shape index (κ1) is 9.52. The van der Waals surface area contributed by atoms with Crippen LogP contribution in [0, 0.1) is 0 Å². The minimum Gasteiger partial charge on any atom is -0.344 e. The van der Waals surface area contributed by atoms with Crippen LogP contribution in [0.5, 0.6) is 0 Å². The van der Waals surface area contributed by atoms with E-state index in [9.17, 15) is 4.79 Å². The number of carbonyl (C=O) groups is 1. The zero-order chi connectivity index (χ0) is 8.97. The molecular formula is C9H18N2O. The number of nitrogens with zero attached hydrogens (tertiary/aromatic N) is 2. The van der Waals surface area contributed by atoms with E-state index in [1.807, 2.05) is 4.90 Å². The van der Waals surface area contributed by atoms with Gasteiger partial charge in [0.1, 0.15) is 0 Å². The maximum Gasteiger partial charge on any atom is 0.209 e. The minimum absolute atomic E-state index is 0.578. The molecule has 1 amide bonds. The van der Waals surface area contributed by atoms with Crippen molar-refractivity contribution in [1.29, 1.82) is 0 Å². The van der Waals surface area contributed by atoms with Crippen LogP contribution < -0.4 is 0 Å². The maximum atomic E-state index is 10.5. The first-order chi connectivity index (χ1) is 5.77. The first-order valence-electron chi connectivity index (χ1n) is 4.67. The van der Waals surface area contributed by atoms with Gasteiger partial charge in [0.15, 0.2) is 0 Å². The van der Waals surface area contributed by atoms with Gasteiger partial charge in [0.2, 0.25) is 6.41 Å². The highest BCUT2D eigenvalue weighted by Gasteiger charge is 2.20. The van der Waals surface area contributed by atoms with Crippen molar-refractivity contribution in [3.05, 3.63) is 0 Å². The Kier molecular flexibility index (Phi) is 3.53. The Morgan fingerprint density at radius 3 is 3.00 bits per heavy atom. The second-order valence-corrected chi connectivity index (χ2v) is 3.47. The fraction of sp³-hybridized carbons (Fsp3) is 0.889. The number of amides is 1. The van der Waals surface area contributed by atoms with Crippen molar-refractivity contribution in [3.63, 3.8) is 0 Å². The summed E-state index contributed by atoms with van der Waals surface area (Å²) in [4.78, 5) is 14.7. The quantitative estimate of drug-likeness (QED) is 0.578. The van der Waals surface area contributed by atoms with Crippen LogP contribution in [-0.2, 0) is 4.79 Å². The lowest BCUT2D eigenvalue weighted by atomic mass is 10.1. The molecule has 1 aliphatic heterocycles. The summed E-state index contributed by atoms with van der Waals surface area (Å²) in [5.41, 5.74) is 0. The molecule has 0 N–H and O–H groups in total. The van der Waals surface area contributed by atoms with Gasteiger partial charge in [-0.2, -0.15) is 0 Å². The molecule has 0 aromatic heterocycles. The SMILES string of the molecule is CCN(C)C1CCCN(C=O)C1. The molecule has 1 rings (SSSR count). The van der Waals surface area contributed by atoms with E-state index in [2.05, 4.69) is 18.9 Å². The second-order valence-electron chi connectivity index (χ2n) is 3.47. The molecule has 0 aliphatic carbocycles. The predicted molar refractivity (Wildman–Crippen MR) is 49.0 cm³/mol. The van der Waals surface area contributed by atoms with E-state index in [1.165, 1.54) is 6.42 Å². The Morgan fingerprint density at radius 2 is 2.42 bits per heavy atom. The molecule has 0 radical (unpaired) electrons. The third kappa shape index (κ3) is 2.21. The first-order valence-corrected chi connectivity index (χ1v) is 4.67. The molecule has 1 heterocycles. The highest BCUT2D eigenvalue weighted by molar-refractivity contribution is 5.47. The lowest BCUT2D eigenvalue weighted by molar-refractivity contribution is -0.119. The summed E-state index contributed by atoms with van der Waals surface area (Å²) in [6, 6.07) is 0.578. The molecule has 0 aromatic rings. The van der Waals surface area contributed by atoms with E-state index in [1.54, 1.807) is 0 Å². The summed E-state index contributed by atoms with van der Waals surface area (Å²) < 4.78 is 0. The normalized spacial score (nSPS) is 24.6.